The van der Waals surface area contributed by atoms with Gasteiger partial charge in [-0.25, -0.2) is 0 Å². The molecule has 2 saturated carbocycles. The minimum absolute atomic E-state index is 0.300. The van der Waals surface area contributed by atoms with E-state index in [9.17, 15) is 0 Å². The SMILES string of the molecule is CC1CC(=NO)C2(C(C)C)CC12. The predicted molar refractivity (Wildman–Crippen MR) is 48.4 cm³/mol. The van der Waals surface area contributed by atoms with E-state index < -0.39 is 0 Å². The minimum Gasteiger partial charge on any atom is -0.411 e. The smallest absolute Gasteiger partial charge is 0.0640 e. The van der Waals surface area contributed by atoms with Crippen LogP contribution in [0.5, 0.6) is 0 Å². The highest BCUT2D eigenvalue weighted by molar-refractivity contribution is 5.95. The predicted octanol–water partition coefficient (Wildman–Crippen LogP) is 2.52. The van der Waals surface area contributed by atoms with E-state index in [4.69, 9.17) is 5.21 Å². The van der Waals surface area contributed by atoms with Crippen LogP contribution in [0.25, 0.3) is 0 Å². The minimum atomic E-state index is 0.300. The molecule has 68 valence electrons. The summed E-state index contributed by atoms with van der Waals surface area (Å²) in [6.07, 6.45) is 2.27. The van der Waals surface area contributed by atoms with E-state index in [1.165, 1.54) is 6.42 Å². The maximum Gasteiger partial charge on any atom is 0.0640 e. The summed E-state index contributed by atoms with van der Waals surface area (Å²) in [6.45, 7) is 6.75. The van der Waals surface area contributed by atoms with Crippen molar-refractivity contribution in [2.75, 3.05) is 0 Å². The summed E-state index contributed by atoms with van der Waals surface area (Å²) in [6, 6.07) is 0. The largest absolute Gasteiger partial charge is 0.411 e. The summed E-state index contributed by atoms with van der Waals surface area (Å²) < 4.78 is 0. The van der Waals surface area contributed by atoms with Crippen molar-refractivity contribution in [3.8, 4) is 0 Å². The second-order valence-electron chi connectivity index (χ2n) is 4.73. The molecule has 1 N–H and O–H groups in total. The molecule has 12 heavy (non-hydrogen) atoms. The van der Waals surface area contributed by atoms with Gasteiger partial charge in [-0.3, -0.25) is 0 Å². The van der Waals surface area contributed by atoms with Gasteiger partial charge < -0.3 is 5.21 Å². The fourth-order valence-corrected chi connectivity index (χ4v) is 3.11. The van der Waals surface area contributed by atoms with Crippen molar-refractivity contribution < 1.29 is 5.21 Å². The van der Waals surface area contributed by atoms with E-state index in [1.54, 1.807) is 0 Å². The number of oxime groups is 1. The average Bonchev–Trinajstić information content (AvgIpc) is 2.70. The number of rotatable bonds is 1. The van der Waals surface area contributed by atoms with Gasteiger partial charge in [0.1, 0.15) is 0 Å². The molecule has 0 heterocycles. The molecular weight excluding hydrogens is 150 g/mol. The maximum absolute atomic E-state index is 8.88. The zero-order valence-electron chi connectivity index (χ0n) is 8.04. The van der Waals surface area contributed by atoms with Crippen LogP contribution in [0.4, 0.5) is 0 Å². The Morgan fingerprint density at radius 1 is 1.58 bits per heavy atom. The summed E-state index contributed by atoms with van der Waals surface area (Å²) in [7, 11) is 0. The first-order valence-corrected chi connectivity index (χ1v) is 4.84. The van der Waals surface area contributed by atoms with Crippen LogP contribution in [0.3, 0.4) is 0 Å². The first-order chi connectivity index (χ1) is 5.63. The van der Waals surface area contributed by atoms with Crippen molar-refractivity contribution in [2.45, 2.75) is 33.6 Å². The molecule has 0 amide bonds. The molecule has 2 rings (SSSR count). The first-order valence-electron chi connectivity index (χ1n) is 4.84. The van der Waals surface area contributed by atoms with Crippen molar-refractivity contribution in [3.05, 3.63) is 0 Å². The molecule has 0 spiro atoms. The molecule has 3 unspecified atom stereocenters. The third kappa shape index (κ3) is 0.732. The number of nitrogens with zero attached hydrogens (tertiary/aromatic N) is 1. The van der Waals surface area contributed by atoms with E-state index in [0.29, 0.717) is 11.3 Å². The van der Waals surface area contributed by atoms with Crippen LogP contribution in [-0.2, 0) is 0 Å². The zero-order valence-corrected chi connectivity index (χ0v) is 8.04. The lowest BCUT2D eigenvalue weighted by molar-refractivity contribution is 0.308. The van der Waals surface area contributed by atoms with E-state index in [0.717, 1.165) is 24.0 Å². The molecule has 2 heteroatoms. The fraction of sp³-hybridized carbons (Fsp3) is 0.900. The van der Waals surface area contributed by atoms with Gasteiger partial charge in [0.15, 0.2) is 0 Å². The molecule has 2 nitrogen and oxygen atoms in total. The van der Waals surface area contributed by atoms with Gasteiger partial charge >= 0.3 is 0 Å². The summed E-state index contributed by atoms with van der Waals surface area (Å²) in [5.74, 6) is 2.18. The Morgan fingerprint density at radius 2 is 2.25 bits per heavy atom. The molecule has 0 bridgehead atoms. The lowest BCUT2D eigenvalue weighted by Crippen LogP contribution is -2.19. The third-order valence-corrected chi connectivity index (χ3v) is 3.95. The van der Waals surface area contributed by atoms with Crippen LogP contribution < -0.4 is 0 Å². The molecule has 2 fully saturated rings. The van der Waals surface area contributed by atoms with E-state index in [1.807, 2.05) is 0 Å². The summed E-state index contributed by atoms with van der Waals surface area (Å²) in [5.41, 5.74) is 1.36. The van der Waals surface area contributed by atoms with Gasteiger partial charge in [-0.2, -0.15) is 0 Å². The van der Waals surface area contributed by atoms with Gasteiger partial charge in [0.05, 0.1) is 5.71 Å². The molecule has 0 radical (unpaired) electrons. The van der Waals surface area contributed by atoms with Crippen molar-refractivity contribution in [1.29, 1.82) is 0 Å². The lowest BCUT2D eigenvalue weighted by atomic mass is 9.88. The van der Waals surface area contributed by atoms with Crippen LogP contribution >= 0.6 is 0 Å². The highest BCUT2D eigenvalue weighted by Crippen LogP contribution is 2.67. The van der Waals surface area contributed by atoms with E-state index >= 15 is 0 Å². The number of fused-ring (bicyclic) bond motifs is 1. The Labute approximate surface area is 73.7 Å². The van der Waals surface area contributed by atoms with Crippen LogP contribution in [0.2, 0.25) is 0 Å². The van der Waals surface area contributed by atoms with Crippen LogP contribution in [0, 0.1) is 23.2 Å². The van der Waals surface area contributed by atoms with Crippen molar-refractivity contribution in [2.24, 2.45) is 28.3 Å². The molecule has 3 atom stereocenters. The summed E-state index contributed by atoms with van der Waals surface area (Å²) in [4.78, 5) is 0. The first kappa shape index (κ1) is 8.09. The van der Waals surface area contributed by atoms with Gasteiger partial charge in [0, 0.05) is 5.41 Å². The maximum atomic E-state index is 8.88. The van der Waals surface area contributed by atoms with Crippen molar-refractivity contribution in [3.63, 3.8) is 0 Å². The quantitative estimate of drug-likeness (QED) is 0.472. The van der Waals surface area contributed by atoms with E-state index in [2.05, 4.69) is 25.9 Å². The fourth-order valence-electron chi connectivity index (χ4n) is 3.11. The molecule has 0 aromatic heterocycles. The monoisotopic (exact) mass is 167 g/mol. The second-order valence-corrected chi connectivity index (χ2v) is 4.73. The van der Waals surface area contributed by atoms with Crippen LogP contribution in [0.15, 0.2) is 5.16 Å². The molecule has 0 aromatic rings. The Balaban J connectivity index is 2.29. The molecule has 0 aliphatic heterocycles. The van der Waals surface area contributed by atoms with Crippen LogP contribution in [-0.4, -0.2) is 10.9 Å². The lowest BCUT2D eigenvalue weighted by Gasteiger charge is -2.16. The van der Waals surface area contributed by atoms with Gasteiger partial charge in [0.2, 0.25) is 0 Å². The third-order valence-electron chi connectivity index (χ3n) is 3.95. The summed E-state index contributed by atoms with van der Waals surface area (Å²) in [5, 5.41) is 12.4. The Hall–Kier alpha value is -0.530. The number of hydrogen-bond acceptors (Lipinski definition) is 2. The van der Waals surface area contributed by atoms with Crippen molar-refractivity contribution in [1.82, 2.24) is 0 Å². The van der Waals surface area contributed by atoms with E-state index in [-0.39, 0.29) is 0 Å². The average molecular weight is 167 g/mol. The Kier molecular flexibility index (Phi) is 1.51. The standard InChI is InChI=1S/C10H17NO/c1-6(2)10-5-8(10)7(3)4-9(10)11-12/h6-8,12H,4-5H2,1-3H3. The van der Waals surface area contributed by atoms with Gasteiger partial charge in [-0.15, -0.1) is 0 Å². The van der Waals surface area contributed by atoms with Crippen LogP contribution in [0.1, 0.15) is 33.6 Å². The Bertz CT molecular complexity index is 234. The van der Waals surface area contributed by atoms with Gasteiger partial charge in [-0.1, -0.05) is 25.9 Å². The highest BCUT2D eigenvalue weighted by Gasteiger charge is 2.65. The normalized spacial score (nSPS) is 48.5. The molecule has 2 aliphatic carbocycles. The number of hydrogen-bond donors (Lipinski definition) is 1. The van der Waals surface area contributed by atoms with Gasteiger partial charge in [0.25, 0.3) is 0 Å². The van der Waals surface area contributed by atoms with Crippen molar-refractivity contribution >= 4 is 5.71 Å². The molecule has 2 aliphatic rings. The van der Waals surface area contributed by atoms with Gasteiger partial charge in [-0.05, 0) is 30.6 Å². The second kappa shape index (κ2) is 2.24. The highest BCUT2D eigenvalue weighted by atomic mass is 16.4. The topological polar surface area (TPSA) is 32.6 Å². The Morgan fingerprint density at radius 3 is 2.58 bits per heavy atom. The molecule has 0 aromatic carbocycles. The summed E-state index contributed by atoms with van der Waals surface area (Å²) >= 11 is 0. The molecular formula is C10H17NO. The molecule has 0 saturated heterocycles. The zero-order chi connectivity index (χ0) is 8.93.